The molecule has 0 fully saturated rings. The van der Waals surface area contributed by atoms with E-state index in [1.54, 1.807) is 12.1 Å². The second-order valence-electron chi connectivity index (χ2n) is 3.98. The number of carbonyl (C=O) groups is 1. The third kappa shape index (κ3) is 1.73. The molecule has 0 amide bonds. The molecule has 0 aliphatic heterocycles. The average Bonchev–Trinajstić information content (AvgIpc) is 2.92. The van der Waals surface area contributed by atoms with Crippen molar-refractivity contribution < 1.29 is 9.90 Å². The van der Waals surface area contributed by atoms with Crippen LogP contribution in [0.3, 0.4) is 0 Å². The molecule has 0 radical (unpaired) electrons. The van der Waals surface area contributed by atoms with E-state index in [-0.39, 0.29) is 5.69 Å². The Hall–Kier alpha value is -2.01. The van der Waals surface area contributed by atoms with Gasteiger partial charge in [0.1, 0.15) is 5.69 Å². The summed E-state index contributed by atoms with van der Waals surface area (Å²) in [6, 6.07) is 9.27. The highest BCUT2D eigenvalue weighted by Gasteiger charge is 2.10. The Morgan fingerprint density at radius 1 is 1.22 bits per heavy atom. The second-order valence-corrected chi connectivity index (χ2v) is 4.90. The van der Waals surface area contributed by atoms with Gasteiger partial charge in [0.15, 0.2) is 0 Å². The number of hydrogen-bond acceptors (Lipinski definition) is 1. The fraction of sp³-hybridized carbons (Fsp3) is 0. The van der Waals surface area contributed by atoms with Crippen molar-refractivity contribution in [3.8, 4) is 11.3 Å². The lowest BCUT2D eigenvalue weighted by Gasteiger charge is -1.96. The summed E-state index contributed by atoms with van der Waals surface area (Å²) >= 11 is 3.42. The highest BCUT2D eigenvalue weighted by molar-refractivity contribution is 9.10. The van der Waals surface area contributed by atoms with Gasteiger partial charge < -0.3 is 15.1 Å². The SMILES string of the molecule is O=C(O)c1ccc(-c2c[nH]c3cc(Br)ccc23)[nH]1. The van der Waals surface area contributed by atoms with Gasteiger partial charge in [0.05, 0.1) is 0 Å². The molecule has 0 unspecified atom stereocenters. The van der Waals surface area contributed by atoms with Crippen molar-refractivity contribution in [1.82, 2.24) is 9.97 Å². The van der Waals surface area contributed by atoms with Crippen LogP contribution in [-0.2, 0) is 0 Å². The van der Waals surface area contributed by atoms with Crippen LogP contribution < -0.4 is 0 Å². The van der Waals surface area contributed by atoms with Crippen molar-refractivity contribution in [1.29, 1.82) is 0 Å². The minimum absolute atomic E-state index is 0.191. The van der Waals surface area contributed by atoms with Crippen molar-refractivity contribution >= 4 is 32.8 Å². The fourth-order valence-corrected chi connectivity index (χ4v) is 2.36. The van der Waals surface area contributed by atoms with Gasteiger partial charge in [-0.15, -0.1) is 0 Å². The van der Waals surface area contributed by atoms with Crippen LogP contribution in [0.25, 0.3) is 22.2 Å². The maximum atomic E-state index is 10.8. The number of benzene rings is 1. The molecular formula is C13H9BrN2O2. The van der Waals surface area contributed by atoms with Crippen molar-refractivity contribution in [2.75, 3.05) is 0 Å². The van der Waals surface area contributed by atoms with Crippen LogP contribution in [0.1, 0.15) is 10.5 Å². The summed E-state index contributed by atoms with van der Waals surface area (Å²) in [5.41, 5.74) is 2.95. The number of hydrogen-bond donors (Lipinski definition) is 3. The standard InChI is InChI=1S/C13H9BrN2O2/c14-7-1-2-8-9(6-15-12(8)5-7)10-3-4-11(16-10)13(17)18/h1-6,15-16H,(H,17,18). The van der Waals surface area contributed by atoms with E-state index in [1.807, 2.05) is 24.4 Å². The molecule has 3 rings (SSSR count). The van der Waals surface area contributed by atoms with Crippen molar-refractivity contribution in [3.05, 3.63) is 46.7 Å². The zero-order valence-electron chi connectivity index (χ0n) is 9.20. The van der Waals surface area contributed by atoms with Crippen LogP contribution >= 0.6 is 15.9 Å². The maximum absolute atomic E-state index is 10.8. The zero-order chi connectivity index (χ0) is 12.7. The molecule has 3 aromatic rings. The zero-order valence-corrected chi connectivity index (χ0v) is 10.8. The number of fused-ring (bicyclic) bond motifs is 1. The van der Waals surface area contributed by atoms with E-state index in [1.165, 1.54) is 0 Å². The molecule has 2 aromatic heterocycles. The summed E-state index contributed by atoms with van der Waals surface area (Å²) in [4.78, 5) is 16.9. The predicted molar refractivity (Wildman–Crippen MR) is 72.7 cm³/mol. The van der Waals surface area contributed by atoms with Crippen molar-refractivity contribution in [3.63, 3.8) is 0 Å². The van der Waals surface area contributed by atoms with Crippen LogP contribution in [0.4, 0.5) is 0 Å². The Labute approximate surface area is 111 Å². The van der Waals surface area contributed by atoms with Crippen LogP contribution in [-0.4, -0.2) is 21.0 Å². The summed E-state index contributed by atoms with van der Waals surface area (Å²) < 4.78 is 1.00. The van der Waals surface area contributed by atoms with E-state index in [0.717, 1.165) is 26.6 Å². The smallest absolute Gasteiger partial charge is 0.352 e. The molecule has 2 heterocycles. The molecule has 0 saturated carbocycles. The summed E-state index contributed by atoms with van der Waals surface area (Å²) in [5, 5.41) is 9.95. The maximum Gasteiger partial charge on any atom is 0.352 e. The molecule has 90 valence electrons. The lowest BCUT2D eigenvalue weighted by Crippen LogP contribution is -1.95. The Bertz CT molecular complexity index is 742. The van der Waals surface area contributed by atoms with Gasteiger partial charge in [0.25, 0.3) is 0 Å². The monoisotopic (exact) mass is 304 g/mol. The van der Waals surface area contributed by atoms with Crippen LogP contribution in [0.2, 0.25) is 0 Å². The number of carboxylic acids is 1. The Morgan fingerprint density at radius 3 is 2.78 bits per heavy atom. The molecular weight excluding hydrogens is 296 g/mol. The highest BCUT2D eigenvalue weighted by Crippen LogP contribution is 2.29. The van der Waals surface area contributed by atoms with E-state index in [2.05, 4.69) is 25.9 Å². The summed E-state index contributed by atoms with van der Waals surface area (Å²) in [5.74, 6) is -0.955. The molecule has 1 aromatic carbocycles. The first-order chi connectivity index (χ1) is 8.65. The molecule has 0 aliphatic carbocycles. The number of aromatic carboxylic acids is 1. The molecule has 5 heteroatoms. The molecule has 0 bridgehead atoms. The first-order valence-electron chi connectivity index (χ1n) is 5.34. The Balaban J connectivity index is 2.16. The first-order valence-corrected chi connectivity index (χ1v) is 6.14. The highest BCUT2D eigenvalue weighted by atomic mass is 79.9. The van der Waals surface area contributed by atoms with E-state index >= 15 is 0 Å². The number of rotatable bonds is 2. The molecule has 4 nitrogen and oxygen atoms in total. The third-order valence-corrected chi connectivity index (χ3v) is 3.34. The number of aromatic amines is 2. The van der Waals surface area contributed by atoms with Gasteiger partial charge in [-0.1, -0.05) is 22.0 Å². The number of halogens is 1. The van der Waals surface area contributed by atoms with E-state index in [0.29, 0.717) is 0 Å². The summed E-state index contributed by atoms with van der Waals surface area (Å²) in [6.07, 6.45) is 1.87. The Morgan fingerprint density at radius 2 is 2.06 bits per heavy atom. The molecule has 0 aliphatic rings. The molecule has 18 heavy (non-hydrogen) atoms. The normalized spacial score (nSPS) is 10.9. The molecule has 0 atom stereocenters. The largest absolute Gasteiger partial charge is 0.477 e. The van der Waals surface area contributed by atoms with Gasteiger partial charge in [-0.2, -0.15) is 0 Å². The first kappa shape index (κ1) is 11.1. The molecule has 3 N–H and O–H groups in total. The topological polar surface area (TPSA) is 68.9 Å². The fourth-order valence-electron chi connectivity index (χ4n) is 2.00. The molecule has 0 saturated heterocycles. The number of H-pyrrole nitrogens is 2. The summed E-state index contributed by atoms with van der Waals surface area (Å²) in [7, 11) is 0. The van der Waals surface area contributed by atoms with Gasteiger partial charge in [-0.3, -0.25) is 0 Å². The second kappa shape index (κ2) is 4.03. The van der Waals surface area contributed by atoms with E-state index < -0.39 is 5.97 Å². The minimum atomic E-state index is -0.955. The summed E-state index contributed by atoms with van der Waals surface area (Å²) in [6.45, 7) is 0. The third-order valence-electron chi connectivity index (χ3n) is 2.85. The van der Waals surface area contributed by atoms with E-state index in [9.17, 15) is 4.79 Å². The van der Waals surface area contributed by atoms with Gasteiger partial charge in [0.2, 0.25) is 0 Å². The van der Waals surface area contributed by atoms with Crippen LogP contribution in [0.5, 0.6) is 0 Å². The number of carboxylic acid groups (broad SMARTS) is 1. The van der Waals surface area contributed by atoms with E-state index in [4.69, 9.17) is 5.11 Å². The number of aromatic nitrogens is 2. The van der Waals surface area contributed by atoms with Gasteiger partial charge >= 0.3 is 5.97 Å². The quantitative estimate of drug-likeness (QED) is 0.677. The lowest BCUT2D eigenvalue weighted by molar-refractivity contribution is 0.0691. The van der Waals surface area contributed by atoms with Crippen molar-refractivity contribution in [2.24, 2.45) is 0 Å². The van der Waals surface area contributed by atoms with Crippen molar-refractivity contribution in [2.45, 2.75) is 0 Å². The number of nitrogens with one attached hydrogen (secondary N) is 2. The van der Waals surface area contributed by atoms with Gasteiger partial charge in [-0.25, -0.2) is 4.79 Å². The van der Waals surface area contributed by atoms with Gasteiger partial charge in [-0.05, 0) is 24.3 Å². The van der Waals surface area contributed by atoms with Crippen LogP contribution in [0, 0.1) is 0 Å². The van der Waals surface area contributed by atoms with Gasteiger partial charge in [0, 0.05) is 32.8 Å². The predicted octanol–water partition coefficient (Wildman–Crippen LogP) is 3.62. The lowest BCUT2D eigenvalue weighted by atomic mass is 10.1. The molecule has 0 spiro atoms. The average molecular weight is 305 g/mol. The Kier molecular flexibility index (Phi) is 2.48. The minimum Gasteiger partial charge on any atom is -0.477 e. The van der Waals surface area contributed by atoms with Crippen LogP contribution in [0.15, 0.2) is 41.0 Å².